The fraction of sp³-hybridized carbons (Fsp3) is 0.250. The van der Waals surface area contributed by atoms with E-state index in [0.29, 0.717) is 12.4 Å². The van der Waals surface area contributed by atoms with Gasteiger partial charge < -0.3 is 9.47 Å². The molecule has 2 aromatic carbocycles. The first-order chi connectivity index (χ1) is 10.0. The number of benzene rings is 2. The second kappa shape index (κ2) is 6.74. The number of ether oxygens (including phenoxy) is 2. The van der Waals surface area contributed by atoms with E-state index in [1.165, 1.54) is 12.1 Å². The van der Waals surface area contributed by atoms with Crippen LogP contribution in [0.1, 0.15) is 19.4 Å². The molecule has 2 aromatic rings. The molecule has 110 valence electrons. The van der Waals surface area contributed by atoms with Crippen molar-refractivity contribution < 1.29 is 14.4 Å². The lowest BCUT2D eigenvalue weighted by molar-refractivity contribution is -0.384. The molecule has 0 saturated heterocycles. The summed E-state index contributed by atoms with van der Waals surface area (Å²) in [5.41, 5.74) is 1.06. The molecule has 0 aliphatic heterocycles. The van der Waals surface area contributed by atoms with E-state index in [0.717, 1.165) is 11.3 Å². The van der Waals surface area contributed by atoms with E-state index in [4.69, 9.17) is 9.47 Å². The Labute approximate surface area is 123 Å². The molecule has 5 nitrogen and oxygen atoms in total. The minimum Gasteiger partial charge on any atom is -0.491 e. The van der Waals surface area contributed by atoms with Crippen molar-refractivity contribution in [3.8, 4) is 11.5 Å². The molecule has 21 heavy (non-hydrogen) atoms. The summed E-state index contributed by atoms with van der Waals surface area (Å²) in [5, 5.41) is 10.6. The molecule has 0 atom stereocenters. The molecule has 0 bridgehead atoms. The summed E-state index contributed by atoms with van der Waals surface area (Å²) in [6.45, 7) is 4.36. The van der Waals surface area contributed by atoms with Crippen molar-refractivity contribution in [3.63, 3.8) is 0 Å². The molecule has 0 heterocycles. The minimum absolute atomic E-state index is 0.0533. The first kappa shape index (κ1) is 14.8. The lowest BCUT2D eigenvalue weighted by Crippen LogP contribution is -2.05. The molecule has 0 fully saturated rings. The molecule has 0 amide bonds. The molecular formula is C16H17NO4. The van der Waals surface area contributed by atoms with Gasteiger partial charge in [-0.1, -0.05) is 12.1 Å². The number of nitrogens with zero attached hydrogens (tertiary/aromatic N) is 1. The Balaban J connectivity index is 1.91. The van der Waals surface area contributed by atoms with Crippen LogP contribution in [0.15, 0.2) is 48.5 Å². The van der Waals surface area contributed by atoms with E-state index < -0.39 is 4.92 Å². The highest BCUT2D eigenvalue weighted by Gasteiger charge is 2.04. The molecule has 0 unspecified atom stereocenters. The predicted octanol–water partition coefficient (Wildman–Crippen LogP) is 3.96. The van der Waals surface area contributed by atoms with Gasteiger partial charge in [0.1, 0.15) is 18.1 Å². The van der Waals surface area contributed by atoms with Crippen molar-refractivity contribution in [2.45, 2.75) is 26.6 Å². The van der Waals surface area contributed by atoms with E-state index in [1.807, 2.05) is 38.1 Å². The van der Waals surface area contributed by atoms with Gasteiger partial charge in [-0.3, -0.25) is 10.1 Å². The van der Waals surface area contributed by atoms with E-state index in [-0.39, 0.29) is 11.8 Å². The Morgan fingerprint density at radius 2 is 1.57 bits per heavy atom. The number of hydrogen-bond donors (Lipinski definition) is 0. The predicted molar refractivity (Wildman–Crippen MR) is 79.6 cm³/mol. The molecule has 0 saturated carbocycles. The highest BCUT2D eigenvalue weighted by Crippen LogP contribution is 2.19. The minimum atomic E-state index is -0.433. The maximum atomic E-state index is 10.6. The number of nitro benzene ring substituents is 1. The Morgan fingerprint density at radius 1 is 1.00 bits per heavy atom. The summed E-state index contributed by atoms with van der Waals surface area (Å²) in [6, 6.07) is 13.7. The van der Waals surface area contributed by atoms with Crippen molar-refractivity contribution >= 4 is 5.69 Å². The molecule has 0 spiro atoms. The first-order valence-corrected chi connectivity index (χ1v) is 6.67. The van der Waals surface area contributed by atoms with Gasteiger partial charge in [0.15, 0.2) is 0 Å². The van der Waals surface area contributed by atoms with Crippen LogP contribution >= 0.6 is 0 Å². The zero-order valence-corrected chi connectivity index (χ0v) is 12.0. The molecular weight excluding hydrogens is 270 g/mol. The number of rotatable bonds is 6. The molecule has 0 radical (unpaired) electrons. The van der Waals surface area contributed by atoms with Gasteiger partial charge in [0.05, 0.1) is 11.0 Å². The fourth-order valence-corrected chi connectivity index (χ4v) is 1.77. The van der Waals surface area contributed by atoms with Crippen molar-refractivity contribution in [3.05, 3.63) is 64.2 Å². The number of hydrogen-bond acceptors (Lipinski definition) is 4. The van der Waals surface area contributed by atoms with E-state index >= 15 is 0 Å². The van der Waals surface area contributed by atoms with Crippen LogP contribution in [0.2, 0.25) is 0 Å². The fourth-order valence-electron chi connectivity index (χ4n) is 1.77. The Bertz CT molecular complexity index is 591. The third-order valence-corrected chi connectivity index (χ3v) is 2.75. The normalized spacial score (nSPS) is 10.4. The van der Waals surface area contributed by atoms with Crippen molar-refractivity contribution in [1.29, 1.82) is 0 Å². The maximum Gasteiger partial charge on any atom is 0.269 e. The quantitative estimate of drug-likeness (QED) is 0.596. The van der Waals surface area contributed by atoms with Gasteiger partial charge in [-0.15, -0.1) is 0 Å². The monoisotopic (exact) mass is 287 g/mol. The van der Waals surface area contributed by atoms with Gasteiger partial charge in [-0.25, -0.2) is 0 Å². The third-order valence-electron chi connectivity index (χ3n) is 2.75. The average Bonchev–Trinajstić information content (AvgIpc) is 2.46. The van der Waals surface area contributed by atoms with E-state index in [9.17, 15) is 10.1 Å². The second-order valence-electron chi connectivity index (χ2n) is 4.85. The SMILES string of the molecule is CC(C)Oc1ccc(COc2ccc([N+](=O)[O-])cc2)cc1. The maximum absolute atomic E-state index is 10.6. The van der Waals surface area contributed by atoms with Gasteiger partial charge >= 0.3 is 0 Å². The molecule has 0 aliphatic carbocycles. The van der Waals surface area contributed by atoms with Crippen molar-refractivity contribution in [1.82, 2.24) is 0 Å². The van der Waals surface area contributed by atoms with Crippen LogP contribution in [-0.4, -0.2) is 11.0 Å². The number of non-ortho nitro benzene ring substituents is 1. The summed E-state index contributed by atoms with van der Waals surface area (Å²) >= 11 is 0. The lowest BCUT2D eigenvalue weighted by Gasteiger charge is -2.10. The zero-order valence-electron chi connectivity index (χ0n) is 12.0. The first-order valence-electron chi connectivity index (χ1n) is 6.67. The van der Waals surface area contributed by atoms with Gasteiger partial charge in [0.2, 0.25) is 0 Å². The second-order valence-corrected chi connectivity index (χ2v) is 4.85. The molecule has 0 aromatic heterocycles. The van der Waals surface area contributed by atoms with E-state index in [1.54, 1.807) is 12.1 Å². The van der Waals surface area contributed by atoms with Gasteiger partial charge in [0, 0.05) is 12.1 Å². The van der Waals surface area contributed by atoms with Crippen LogP contribution in [0.5, 0.6) is 11.5 Å². The molecule has 5 heteroatoms. The van der Waals surface area contributed by atoms with Crippen LogP contribution in [0.4, 0.5) is 5.69 Å². The van der Waals surface area contributed by atoms with Gasteiger partial charge in [-0.2, -0.15) is 0 Å². The van der Waals surface area contributed by atoms with Crippen LogP contribution < -0.4 is 9.47 Å². The topological polar surface area (TPSA) is 61.6 Å². The van der Waals surface area contributed by atoms with Crippen LogP contribution in [-0.2, 0) is 6.61 Å². The van der Waals surface area contributed by atoms with Crippen LogP contribution in [0.3, 0.4) is 0 Å². The molecule has 0 N–H and O–H groups in total. The van der Waals surface area contributed by atoms with E-state index in [2.05, 4.69) is 0 Å². The molecule has 0 aliphatic rings. The smallest absolute Gasteiger partial charge is 0.269 e. The van der Waals surface area contributed by atoms with Crippen molar-refractivity contribution in [2.75, 3.05) is 0 Å². The summed E-state index contributed by atoms with van der Waals surface area (Å²) in [6.07, 6.45) is 0.146. The Kier molecular flexibility index (Phi) is 4.77. The summed E-state index contributed by atoms with van der Waals surface area (Å²) < 4.78 is 11.1. The Hall–Kier alpha value is -2.56. The summed E-state index contributed by atoms with van der Waals surface area (Å²) in [5.74, 6) is 1.42. The highest BCUT2D eigenvalue weighted by atomic mass is 16.6. The number of nitro groups is 1. The average molecular weight is 287 g/mol. The lowest BCUT2D eigenvalue weighted by atomic mass is 10.2. The van der Waals surface area contributed by atoms with Crippen LogP contribution in [0.25, 0.3) is 0 Å². The summed E-state index contributed by atoms with van der Waals surface area (Å²) in [4.78, 5) is 10.1. The largest absolute Gasteiger partial charge is 0.491 e. The van der Waals surface area contributed by atoms with Gasteiger partial charge in [0.25, 0.3) is 5.69 Å². The van der Waals surface area contributed by atoms with Crippen LogP contribution in [0, 0.1) is 10.1 Å². The molecule has 2 rings (SSSR count). The Morgan fingerprint density at radius 3 is 2.10 bits per heavy atom. The summed E-state index contributed by atoms with van der Waals surface area (Å²) in [7, 11) is 0. The zero-order chi connectivity index (χ0) is 15.2. The highest BCUT2D eigenvalue weighted by molar-refractivity contribution is 5.36. The van der Waals surface area contributed by atoms with Crippen molar-refractivity contribution in [2.24, 2.45) is 0 Å². The third kappa shape index (κ3) is 4.49. The van der Waals surface area contributed by atoms with Gasteiger partial charge in [-0.05, 0) is 43.7 Å². The standard InChI is InChI=1S/C16H17NO4/c1-12(2)21-16-7-3-13(4-8-16)11-20-15-9-5-14(6-10-15)17(18)19/h3-10,12H,11H2,1-2H3.